The van der Waals surface area contributed by atoms with Gasteiger partial charge in [-0.25, -0.2) is 4.98 Å². The number of H-pyrrole nitrogens is 1. The molecule has 0 saturated carbocycles. The van der Waals surface area contributed by atoms with Gasteiger partial charge in [-0.2, -0.15) is 0 Å². The molecule has 1 aliphatic rings. The van der Waals surface area contributed by atoms with Gasteiger partial charge in [0.1, 0.15) is 0 Å². The highest BCUT2D eigenvalue weighted by Gasteiger charge is 2.26. The molecular weight excluding hydrogens is 286 g/mol. The van der Waals surface area contributed by atoms with Gasteiger partial charge in [-0.1, -0.05) is 42.1 Å². The summed E-state index contributed by atoms with van der Waals surface area (Å²) >= 11 is 1.32. The molecule has 0 atom stereocenters. The largest absolute Gasteiger partial charge is 0.333 e. The zero-order chi connectivity index (χ0) is 14.7. The molecular formula is C15H15N3O2S. The number of likely N-dealkylation sites (tertiary alicyclic amines) is 1. The van der Waals surface area contributed by atoms with E-state index in [-0.39, 0.29) is 17.6 Å². The molecule has 2 heterocycles. The van der Waals surface area contributed by atoms with Crippen LogP contribution >= 0.6 is 11.8 Å². The van der Waals surface area contributed by atoms with E-state index in [4.69, 9.17) is 0 Å². The van der Waals surface area contributed by atoms with Gasteiger partial charge in [0.25, 0.3) is 0 Å². The van der Waals surface area contributed by atoms with Crippen molar-refractivity contribution in [2.75, 3.05) is 12.3 Å². The van der Waals surface area contributed by atoms with Crippen molar-refractivity contribution >= 4 is 23.6 Å². The molecule has 0 spiro atoms. The van der Waals surface area contributed by atoms with Crippen LogP contribution in [0.1, 0.15) is 12.8 Å². The molecule has 1 fully saturated rings. The number of amides is 2. The molecule has 3 rings (SSSR count). The minimum absolute atomic E-state index is 0.0648. The van der Waals surface area contributed by atoms with Gasteiger partial charge in [0, 0.05) is 13.0 Å². The summed E-state index contributed by atoms with van der Waals surface area (Å²) < 4.78 is 0. The zero-order valence-corrected chi connectivity index (χ0v) is 12.2. The third kappa shape index (κ3) is 3.16. The molecule has 0 bridgehead atoms. The van der Waals surface area contributed by atoms with E-state index in [2.05, 4.69) is 9.97 Å². The molecule has 2 aromatic rings. The van der Waals surface area contributed by atoms with Crippen molar-refractivity contribution < 1.29 is 9.59 Å². The highest BCUT2D eigenvalue weighted by molar-refractivity contribution is 7.99. The predicted octanol–water partition coefficient (Wildman–Crippen LogP) is 2.32. The number of aromatic amines is 1. The Bertz CT molecular complexity index is 654. The van der Waals surface area contributed by atoms with Crippen LogP contribution in [0.25, 0.3) is 11.3 Å². The summed E-state index contributed by atoms with van der Waals surface area (Å²) in [5, 5.41) is 0.689. The Labute approximate surface area is 126 Å². The average Bonchev–Trinajstić information content (AvgIpc) is 3.15. The second-order valence-corrected chi connectivity index (χ2v) is 5.76. The van der Waals surface area contributed by atoms with Crippen LogP contribution in [0.15, 0.2) is 41.7 Å². The third-order valence-electron chi connectivity index (χ3n) is 3.34. The molecule has 21 heavy (non-hydrogen) atoms. The summed E-state index contributed by atoms with van der Waals surface area (Å²) in [6.45, 7) is 0.547. The zero-order valence-electron chi connectivity index (χ0n) is 11.4. The van der Waals surface area contributed by atoms with Gasteiger partial charge in [-0.3, -0.25) is 14.5 Å². The average molecular weight is 301 g/mol. The van der Waals surface area contributed by atoms with Gasteiger partial charge in [0.2, 0.25) is 11.8 Å². The van der Waals surface area contributed by atoms with Crippen LogP contribution in [0, 0.1) is 0 Å². The van der Waals surface area contributed by atoms with E-state index in [1.807, 2.05) is 30.3 Å². The van der Waals surface area contributed by atoms with Crippen molar-refractivity contribution in [3.63, 3.8) is 0 Å². The first-order valence-corrected chi connectivity index (χ1v) is 7.79. The molecule has 2 amide bonds. The number of carbonyl (C=O) groups is 2. The Balaban J connectivity index is 1.60. The van der Waals surface area contributed by atoms with Gasteiger partial charge in [0.15, 0.2) is 5.16 Å². The van der Waals surface area contributed by atoms with Crippen LogP contribution in [0.5, 0.6) is 0 Å². The van der Waals surface area contributed by atoms with E-state index in [9.17, 15) is 9.59 Å². The summed E-state index contributed by atoms with van der Waals surface area (Å²) in [5.74, 6) is 0.0261. The number of aromatic nitrogens is 2. The van der Waals surface area contributed by atoms with Gasteiger partial charge in [-0.05, 0) is 12.0 Å². The van der Waals surface area contributed by atoms with E-state index in [0.29, 0.717) is 18.1 Å². The summed E-state index contributed by atoms with van der Waals surface area (Å²) in [7, 11) is 0. The van der Waals surface area contributed by atoms with Crippen LogP contribution < -0.4 is 0 Å². The number of hydrogen-bond donors (Lipinski definition) is 1. The van der Waals surface area contributed by atoms with Crippen molar-refractivity contribution in [3.05, 3.63) is 36.5 Å². The summed E-state index contributed by atoms with van der Waals surface area (Å²) in [4.78, 5) is 32.2. The van der Waals surface area contributed by atoms with Crippen LogP contribution in [-0.2, 0) is 9.59 Å². The van der Waals surface area contributed by atoms with Crippen molar-refractivity contribution in [2.24, 2.45) is 0 Å². The maximum Gasteiger partial charge on any atom is 0.239 e. The summed E-state index contributed by atoms with van der Waals surface area (Å²) in [5.41, 5.74) is 1.97. The fourth-order valence-corrected chi connectivity index (χ4v) is 2.99. The van der Waals surface area contributed by atoms with Crippen LogP contribution in [0.3, 0.4) is 0 Å². The first-order chi connectivity index (χ1) is 10.2. The second-order valence-electron chi connectivity index (χ2n) is 4.80. The number of benzene rings is 1. The Kier molecular flexibility index (Phi) is 4.06. The van der Waals surface area contributed by atoms with Crippen molar-refractivity contribution in [2.45, 2.75) is 18.0 Å². The standard InChI is InChI=1S/C15H15N3O2S/c19-13-7-4-8-18(13)14(20)10-21-15-16-9-12(17-15)11-5-2-1-3-6-11/h1-3,5-6,9H,4,7-8,10H2,(H,16,17). The fourth-order valence-electron chi connectivity index (χ4n) is 2.26. The molecule has 0 unspecified atom stereocenters. The first-order valence-electron chi connectivity index (χ1n) is 6.80. The molecule has 1 saturated heterocycles. The lowest BCUT2D eigenvalue weighted by atomic mass is 10.2. The van der Waals surface area contributed by atoms with Gasteiger partial charge in [0.05, 0.1) is 17.6 Å². The topological polar surface area (TPSA) is 66.1 Å². The molecule has 5 nitrogen and oxygen atoms in total. The maximum atomic E-state index is 11.9. The molecule has 0 aliphatic carbocycles. The first kappa shape index (κ1) is 13.9. The number of imidazole rings is 1. The lowest BCUT2D eigenvalue weighted by Gasteiger charge is -2.12. The molecule has 1 aromatic heterocycles. The SMILES string of the molecule is O=C1CCCN1C(=O)CSc1ncc(-c2ccccc2)[nH]1. The van der Waals surface area contributed by atoms with E-state index >= 15 is 0 Å². The quantitative estimate of drug-likeness (QED) is 0.880. The van der Waals surface area contributed by atoms with Gasteiger partial charge >= 0.3 is 0 Å². The van der Waals surface area contributed by atoms with Crippen LogP contribution in [0.2, 0.25) is 0 Å². The number of carbonyl (C=O) groups excluding carboxylic acids is 2. The van der Waals surface area contributed by atoms with E-state index in [0.717, 1.165) is 17.7 Å². The van der Waals surface area contributed by atoms with Crippen molar-refractivity contribution in [1.29, 1.82) is 0 Å². The van der Waals surface area contributed by atoms with Gasteiger partial charge < -0.3 is 4.98 Å². The van der Waals surface area contributed by atoms with Crippen molar-refractivity contribution in [3.8, 4) is 11.3 Å². The minimum Gasteiger partial charge on any atom is -0.333 e. The number of nitrogens with zero attached hydrogens (tertiary/aromatic N) is 2. The Hall–Kier alpha value is -2.08. The molecule has 0 radical (unpaired) electrons. The molecule has 1 aromatic carbocycles. The highest BCUT2D eigenvalue weighted by Crippen LogP contribution is 2.22. The predicted molar refractivity (Wildman–Crippen MR) is 80.7 cm³/mol. The second kappa shape index (κ2) is 6.13. The van der Waals surface area contributed by atoms with E-state index in [1.54, 1.807) is 6.20 Å². The summed E-state index contributed by atoms with van der Waals surface area (Å²) in [6, 6.07) is 9.88. The highest BCUT2D eigenvalue weighted by atomic mass is 32.2. The Morgan fingerprint density at radius 3 is 2.86 bits per heavy atom. The van der Waals surface area contributed by atoms with Crippen LogP contribution in [0.4, 0.5) is 0 Å². The van der Waals surface area contributed by atoms with Gasteiger partial charge in [-0.15, -0.1) is 0 Å². The Morgan fingerprint density at radius 1 is 1.33 bits per heavy atom. The lowest BCUT2D eigenvalue weighted by molar-refractivity contribution is -0.140. The Morgan fingerprint density at radius 2 is 2.14 bits per heavy atom. The summed E-state index contributed by atoms with van der Waals surface area (Å²) in [6.07, 6.45) is 3.01. The molecule has 6 heteroatoms. The number of thioether (sulfide) groups is 1. The number of imide groups is 1. The molecule has 1 N–H and O–H groups in total. The lowest BCUT2D eigenvalue weighted by Crippen LogP contribution is -2.33. The fraction of sp³-hybridized carbons (Fsp3) is 0.267. The molecule has 1 aliphatic heterocycles. The maximum absolute atomic E-state index is 11.9. The van der Waals surface area contributed by atoms with E-state index in [1.165, 1.54) is 16.7 Å². The number of hydrogen-bond acceptors (Lipinski definition) is 4. The molecule has 108 valence electrons. The normalized spacial score (nSPS) is 14.7. The minimum atomic E-state index is -0.139. The smallest absolute Gasteiger partial charge is 0.239 e. The van der Waals surface area contributed by atoms with Crippen LogP contribution in [-0.4, -0.2) is 39.0 Å². The number of rotatable bonds is 4. The monoisotopic (exact) mass is 301 g/mol. The van der Waals surface area contributed by atoms with E-state index < -0.39 is 0 Å². The number of nitrogens with one attached hydrogen (secondary N) is 1. The van der Waals surface area contributed by atoms with Crippen molar-refractivity contribution in [1.82, 2.24) is 14.9 Å². The third-order valence-corrected chi connectivity index (χ3v) is 4.22.